The van der Waals surface area contributed by atoms with Gasteiger partial charge in [0.15, 0.2) is 0 Å². The van der Waals surface area contributed by atoms with E-state index in [0.29, 0.717) is 0 Å². The number of nitrogens with zero attached hydrogens (tertiary/aromatic N) is 2. The van der Waals surface area contributed by atoms with Crippen molar-refractivity contribution in [3.63, 3.8) is 0 Å². The largest absolute Gasteiger partial charge is 0.353 e. The van der Waals surface area contributed by atoms with Crippen molar-refractivity contribution in [2.75, 3.05) is 5.32 Å². The molecule has 1 aromatic rings. The van der Waals surface area contributed by atoms with E-state index < -0.39 is 20.6 Å². The molecule has 1 aromatic carbocycles. The van der Waals surface area contributed by atoms with Gasteiger partial charge < -0.3 is 10.6 Å². The van der Waals surface area contributed by atoms with Gasteiger partial charge in [0.1, 0.15) is 10.6 Å². The summed E-state index contributed by atoms with van der Waals surface area (Å²) < 4.78 is 27.6. The fourth-order valence-electron chi connectivity index (χ4n) is 1.69. The summed E-state index contributed by atoms with van der Waals surface area (Å²) >= 11 is 5.71. The molecule has 0 saturated carbocycles. The monoisotopic (exact) mass is 318 g/mol. The molecule has 2 rings (SSSR count). The van der Waals surface area contributed by atoms with Gasteiger partial charge in [0.25, 0.3) is 15.7 Å². The molecule has 0 unspecified atom stereocenters. The molecule has 0 radical (unpaired) electrons. The fourth-order valence-corrected chi connectivity index (χ4v) is 3.09. The lowest BCUT2D eigenvalue weighted by Gasteiger charge is -2.20. The Morgan fingerprint density at radius 2 is 2.10 bits per heavy atom. The zero-order chi connectivity index (χ0) is 15.1. The zero-order valence-electron chi connectivity index (χ0n) is 10.5. The normalized spacial score (nSPS) is 16.1. The van der Waals surface area contributed by atoms with Gasteiger partial charge in [-0.1, -0.05) is 11.6 Å². The summed E-state index contributed by atoms with van der Waals surface area (Å²) in [5.41, 5.74) is -0.563. The molecule has 8 nitrogen and oxygen atoms in total. The summed E-state index contributed by atoms with van der Waals surface area (Å²) in [5, 5.41) is 16.4. The topological polar surface area (TPSA) is 114 Å². The molecule has 0 saturated heterocycles. The number of hydrogen-bond acceptors (Lipinski definition) is 6. The summed E-state index contributed by atoms with van der Waals surface area (Å²) in [6, 6.07) is 2.12. The summed E-state index contributed by atoms with van der Waals surface area (Å²) in [7, 11) is -4.04. The molecule has 108 valence electrons. The molecule has 0 atom stereocenters. The number of guanidine groups is 1. The van der Waals surface area contributed by atoms with Gasteiger partial charge in [0.05, 0.1) is 4.92 Å². The molecular formula is C10H11ClN4O4S. The van der Waals surface area contributed by atoms with Crippen molar-refractivity contribution in [1.29, 1.82) is 0 Å². The van der Waals surface area contributed by atoms with Gasteiger partial charge in [0.2, 0.25) is 5.96 Å². The summed E-state index contributed by atoms with van der Waals surface area (Å²) in [5.74, 6) is -0.0575. The molecule has 0 spiro atoms. The SMILES string of the molecule is CC(C)NC1=NS(=O)(=O)c2cc(Cl)cc([N+](=O)[O-])c2N1. The Morgan fingerprint density at radius 3 is 2.65 bits per heavy atom. The number of halogens is 1. The first kappa shape index (κ1) is 14.5. The van der Waals surface area contributed by atoms with Crippen molar-refractivity contribution in [3.8, 4) is 0 Å². The Bertz CT molecular complexity index is 714. The second-order valence-electron chi connectivity index (χ2n) is 4.39. The van der Waals surface area contributed by atoms with Crippen LogP contribution in [-0.2, 0) is 10.0 Å². The van der Waals surface area contributed by atoms with E-state index >= 15 is 0 Å². The molecule has 0 aliphatic carbocycles. The summed E-state index contributed by atoms with van der Waals surface area (Å²) in [4.78, 5) is 10.0. The minimum Gasteiger partial charge on any atom is -0.353 e. The number of rotatable bonds is 2. The van der Waals surface area contributed by atoms with E-state index in [2.05, 4.69) is 15.0 Å². The van der Waals surface area contributed by atoms with Crippen LogP contribution in [-0.4, -0.2) is 25.3 Å². The molecule has 0 amide bonds. The van der Waals surface area contributed by atoms with Gasteiger partial charge in [-0.3, -0.25) is 10.1 Å². The van der Waals surface area contributed by atoms with E-state index in [1.54, 1.807) is 13.8 Å². The smallest absolute Gasteiger partial charge is 0.295 e. The van der Waals surface area contributed by atoms with E-state index in [1.807, 2.05) is 0 Å². The van der Waals surface area contributed by atoms with Crippen LogP contribution in [0.2, 0.25) is 5.02 Å². The molecule has 2 N–H and O–H groups in total. The van der Waals surface area contributed by atoms with Gasteiger partial charge in [-0.2, -0.15) is 8.42 Å². The number of fused-ring (bicyclic) bond motifs is 1. The minimum absolute atomic E-state index is 0.0451. The van der Waals surface area contributed by atoms with Crippen LogP contribution in [0.15, 0.2) is 21.4 Å². The lowest BCUT2D eigenvalue weighted by Crippen LogP contribution is -2.38. The molecule has 0 aromatic heterocycles. The number of anilines is 1. The highest BCUT2D eigenvalue weighted by Crippen LogP contribution is 2.37. The standard InChI is InChI=1S/C10H11ClN4O4S/c1-5(2)12-10-13-9-7(15(16)17)3-6(11)4-8(9)20(18,19)14-10/h3-5H,1-2H3,(H2,12,13,14). The molecule has 0 bridgehead atoms. The van der Waals surface area contributed by atoms with Crippen LogP contribution >= 0.6 is 11.6 Å². The van der Waals surface area contributed by atoms with Crippen molar-refractivity contribution >= 4 is 39.0 Å². The summed E-state index contributed by atoms with van der Waals surface area (Å²) in [6.07, 6.45) is 0. The zero-order valence-corrected chi connectivity index (χ0v) is 12.1. The number of sulfonamides is 1. The van der Waals surface area contributed by atoms with Crippen LogP contribution in [0.25, 0.3) is 0 Å². The lowest BCUT2D eigenvalue weighted by atomic mass is 10.2. The van der Waals surface area contributed by atoms with Crippen molar-refractivity contribution in [3.05, 3.63) is 27.3 Å². The highest BCUT2D eigenvalue weighted by atomic mass is 35.5. The summed E-state index contributed by atoms with van der Waals surface area (Å²) in [6.45, 7) is 3.56. The predicted molar refractivity (Wildman–Crippen MR) is 74.6 cm³/mol. The average Bonchev–Trinajstić information content (AvgIpc) is 2.27. The number of nitro groups is 1. The molecule has 20 heavy (non-hydrogen) atoms. The number of benzene rings is 1. The second-order valence-corrected chi connectivity index (χ2v) is 6.40. The molecular weight excluding hydrogens is 308 g/mol. The average molecular weight is 319 g/mol. The minimum atomic E-state index is -4.04. The third kappa shape index (κ3) is 2.68. The van der Waals surface area contributed by atoms with Gasteiger partial charge in [-0.15, -0.1) is 4.40 Å². The Hall–Kier alpha value is -1.87. The van der Waals surface area contributed by atoms with Gasteiger partial charge in [-0.05, 0) is 19.9 Å². The van der Waals surface area contributed by atoms with E-state index in [4.69, 9.17) is 11.6 Å². The lowest BCUT2D eigenvalue weighted by molar-refractivity contribution is -0.384. The highest BCUT2D eigenvalue weighted by Gasteiger charge is 2.32. The molecule has 10 heteroatoms. The van der Waals surface area contributed by atoms with Crippen molar-refractivity contribution in [1.82, 2.24) is 5.32 Å². The maximum atomic E-state index is 12.0. The quantitative estimate of drug-likeness (QED) is 0.634. The van der Waals surface area contributed by atoms with Gasteiger partial charge in [0, 0.05) is 17.1 Å². The number of nitrogens with one attached hydrogen (secondary N) is 2. The van der Waals surface area contributed by atoms with E-state index in [1.165, 1.54) is 0 Å². The first-order chi connectivity index (χ1) is 9.20. The maximum absolute atomic E-state index is 12.0. The molecule has 1 aliphatic heterocycles. The molecule has 1 heterocycles. The predicted octanol–water partition coefficient (Wildman–Crippen LogP) is 1.72. The van der Waals surface area contributed by atoms with Crippen LogP contribution in [0.1, 0.15) is 13.8 Å². The third-order valence-electron chi connectivity index (χ3n) is 2.40. The number of nitro benzene ring substituents is 1. The van der Waals surface area contributed by atoms with Crippen molar-refractivity contribution in [2.45, 2.75) is 24.8 Å². The van der Waals surface area contributed by atoms with Crippen molar-refractivity contribution in [2.24, 2.45) is 4.40 Å². The fraction of sp³-hybridized carbons (Fsp3) is 0.300. The van der Waals surface area contributed by atoms with Crippen LogP contribution in [0.4, 0.5) is 11.4 Å². The van der Waals surface area contributed by atoms with E-state index in [-0.39, 0.29) is 27.6 Å². The Balaban J connectivity index is 2.64. The first-order valence-corrected chi connectivity index (χ1v) is 7.39. The van der Waals surface area contributed by atoms with Gasteiger partial charge >= 0.3 is 0 Å². The third-order valence-corrected chi connectivity index (χ3v) is 3.92. The maximum Gasteiger partial charge on any atom is 0.295 e. The van der Waals surface area contributed by atoms with Crippen LogP contribution in [0, 0.1) is 10.1 Å². The number of hydrogen-bond donors (Lipinski definition) is 2. The Labute approximate surface area is 120 Å². The van der Waals surface area contributed by atoms with E-state index in [0.717, 1.165) is 12.1 Å². The Kier molecular flexibility index (Phi) is 3.57. The van der Waals surface area contributed by atoms with Crippen LogP contribution in [0.3, 0.4) is 0 Å². The highest BCUT2D eigenvalue weighted by molar-refractivity contribution is 7.90. The Morgan fingerprint density at radius 1 is 1.45 bits per heavy atom. The molecule has 1 aliphatic rings. The van der Waals surface area contributed by atoms with Crippen LogP contribution in [0.5, 0.6) is 0 Å². The van der Waals surface area contributed by atoms with Crippen molar-refractivity contribution < 1.29 is 13.3 Å². The van der Waals surface area contributed by atoms with Gasteiger partial charge in [-0.25, -0.2) is 0 Å². The van der Waals surface area contributed by atoms with E-state index in [9.17, 15) is 18.5 Å². The first-order valence-electron chi connectivity index (χ1n) is 5.57. The second kappa shape index (κ2) is 4.91. The van der Waals surface area contributed by atoms with Crippen LogP contribution < -0.4 is 10.6 Å². The molecule has 0 fully saturated rings.